The fraction of sp³-hybridized carbons (Fsp3) is 0.167. The van der Waals surface area contributed by atoms with Crippen LogP contribution in [-0.2, 0) is 4.79 Å². The highest BCUT2D eigenvalue weighted by Crippen LogP contribution is 2.27. The van der Waals surface area contributed by atoms with Crippen LogP contribution in [0, 0.1) is 11.6 Å². The molecule has 5 nitrogen and oxygen atoms in total. The van der Waals surface area contributed by atoms with Gasteiger partial charge in [-0.3, -0.25) is 0 Å². The normalized spacial score (nSPS) is 18.9. The van der Waals surface area contributed by atoms with Crippen molar-refractivity contribution in [1.29, 1.82) is 0 Å². The second kappa shape index (κ2) is 4.68. The number of aliphatic carboxylic acids is 1. The molecule has 0 bridgehead atoms. The average Bonchev–Trinajstić information content (AvgIpc) is 2.31. The highest BCUT2D eigenvalue weighted by atomic mass is 19.2. The highest BCUT2D eigenvalue weighted by Gasteiger charge is 2.31. The molecular weight excluding hydrogens is 258 g/mol. The predicted octanol–water partition coefficient (Wildman–Crippen LogP) is 1.68. The fourth-order valence-corrected chi connectivity index (χ4v) is 1.92. The summed E-state index contributed by atoms with van der Waals surface area (Å²) in [7, 11) is 0. The Morgan fingerprint density at radius 3 is 2.58 bits per heavy atom. The maximum atomic E-state index is 13.2. The SMILES string of the molecule is CC1=C(C(=O)O)[C@H](c2ccc(F)c(F)c2)NC(=O)N1. The predicted molar refractivity (Wildman–Crippen MR) is 61.1 cm³/mol. The lowest BCUT2D eigenvalue weighted by atomic mass is 9.95. The summed E-state index contributed by atoms with van der Waals surface area (Å²) >= 11 is 0. The zero-order chi connectivity index (χ0) is 14.2. The van der Waals surface area contributed by atoms with Crippen LogP contribution in [-0.4, -0.2) is 17.1 Å². The van der Waals surface area contributed by atoms with Gasteiger partial charge >= 0.3 is 12.0 Å². The number of carbonyl (C=O) groups is 2. The van der Waals surface area contributed by atoms with E-state index in [0.717, 1.165) is 12.1 Å². The van der Waals surface area contributed by atoms with E-state index in [9.17, 15) is 18.4 Å². The van der Waals surface area contributed by atoms with Gasteiger partial charge in [0.25, 0.3) is 0 Å². The Morgan fingerprint density at radius 1 is 1.32 bits per heavy atom. The molecule has 0 aliphatic carbocycles. The molecule has 2 amide bonds. The number of carboxylic acids is 1. The maximum absolute atomic E-state index is 13.2. The molecule has 7 heteroatoms. The summed E-state index contributed by atoms with van der Waals surface area (Å²) in [6.45, 7) is 1.43. The molecule has 1 aliphatic heterocycles. The number of urea groups is 1. The van der Waals surface area contributed by atoms with Crippen molar-refractivity contribution in [2.24, 2.45) is 0 Å². The van der Waals surface area contributed by atoms with Crippen molar-refractivity contribution in [2.45, 2.75) is 13.0 Å². The van der Waals surface area contributed by atoms with E-state index in [0.29, 0.717) is 0 Å². The number of carboxylic acid groups (broad SMARTS) is 1. The summed E-state index contributed by atoms with van der Waals surface area (Å²) in [5.41, 5.74) is 0.196. The molecule has 100 valence electrons. The first kappa shape index (κ1) is 13.0. The minimum Gasteiger partial charge on any atom is -0.478 e. The van der Waals surface area contributed by atoms with E-state index in [-0.39, 0.29) is 16.8 Å². The Labute approximate surface area is 106 Å². The van der Waals surface area contributed by atoms with E-state index < -0.39 is 29.7 Å². The van der Waals surface area contributed by atoms with Gasteiger partial charge in [-0.25, -0.2) is 18.4 Å². The molecule has 1 aromatic carbocycles. The molecule has 0 fully saturated rings. The van der Waals surface area contributed by atoms with E-state index in [4.69, 9.17) is 5.11 Å². The van der Waals surface area contributed by atoms with Gasteiger partial charge in [-0.1, -0.05) is 6.07 Å². The van der Waals surface area contributed by atoms with Crippen molar-refractivity contribution in [3.63, 3.8) is 0 Å². The van der Waals surface area contributed by atoms with Crippen LogP contribution in [0.3, 0.4) is 0 Å². The van der Waals surface area contributed by atoms with Crippen LogP contribution in [0.2, 0.25) is 0 Å². The number of benzene rings is 1. The molecule has 0 aromatic heterocycles. The van der Waals surface area contributed by atoms with Crippen molar-refractivity contribution < 1.29 is 23.5 Å². The number of amides is 2. The highest BCUT2D eigenvalue weighted by molar-refractivity contribution is 5.93. The van der Waals surface area contributed by atoms with Gasteiger partial charge in [-0.2, -0.15) is 0 Å². The summed E-state index contributed by atoms with van der Waals surface area (Å²) in [5.74, 6) is -3.39. The van der Waals surface area contributed by atoms with Gasteiger partial charge in [0.2, 0.25) is 0 Å². The topological polar surface area (TPSA) is 78.4 Å². The number of hydrogen-bond donors (Lipinski definition) is 3. The number of hydrogen-bond acceptors (Lipinski definition) is 2. The van der Waals surface area contributed by atoms with Gasteiger partial charge in [0.1, 0.15) is 0 Å². The molecule has 19 heavy (non-hydrogen) atoms. The first-order valence-electron chi connectivity index (χ1n) is 5.36. The van der Waals surface area contributed by atoms with Gasteiger partial charge in [0.05, 0.1) is 11.6 Å². The van der Waals surface area contributed by atoms with Crippen LogP contribution in [0.25, 0.3) is 0 Å². The van der Waals surface area contributed by atoms with Crippen LogP contribution in [0.5, 0.6) is 0 Å². The van der Waals surface area contributed by atoms with Crippen molar-refractivity contribution in [3.05, 3.63) is 46.7 Å². The van der Waals surface area contributed by atoms with E-state index in [1.807, 2.05) is 0 Å². The molecule has 0 saturated heterocycles. The molecule has 1 atom stereocenters. The van der Waals surface area contributed by atoms with Gasteiger partial charge in [0.15, 0.2) is 11.6 Å². The first-order valence-corrected chi connectivity index (χ1v) is 5.36. The van der Waals surface area contributed by atoms with Crippen LogP contribution in [0.4, 0.5) is 13.6 Å². The molecule has 1 aliphatic rings. The zero-order valence-corrected chi connectivity index (χ0v) is 9.83. The summed E-state index contributed by atoms with van der Waals surface area (Å²) in [6.07, 6.45) is 0. The minimum atomic E-state index is -1.25. The quantitative estimate of drug-likeness (QED) is 0.763. The number of nitrogens with one attached hydrogen (secondary N) is 2. The van der Waals surface area contributed by atoms with Crippen LogP contribution in [0.1, 0.15) is 18.5 Å². The Balaban J connectivity index is 2.51. The van der Waals surface area contributed by atoms with Crippen LogP contribution < -0.4 is 10.6 Å². The summed E-state index contributed by atoms with van der Waals surface area (Å²) in [6, 6.07) is 1.35. The number of halogens is 2. The van der Waals surface area contributed by atoms with E-state index in [2.05, 4.69) is 10.6 Å². The molecule has 2 rings (SSSR count). The van der Waals surface area contributed by atoms with E-state index >= 15 is 0 Å². The molecule has 0 spiro atoms. The zero-order valence-electron chi connectivity index (χ0n) is 9.83. The third-order valence-electron chi connectivity index (χ3n) is 2.78. The lowest BCUT2D eigenvalue weighted by Crippen LogP contribution is -2.45. The third kappa shape index (κ3) is 2.40. The Bertz CT molecular complexity index is 599. The van der Waals surface area contributed by atoms with Crippen LogP contribution in [0.15, 0.2) is 29.5 Å². The average molecular weight is 268 g/mol. The molecule has 3 N–H and O–H groups in total. The monoisotopic (exact) mass is 268 g/mol. The Hall–Kier alpha value is -2.44. The van der Waals surface area contributed by atoms with Crippen molar-refractivity contribution in [1.82, 2.24) is 10.6 Å². The number of allylic oxidation sites excluding steroid dienone is 1. The smallest absolute Gasteiger partial charge is 0.335 e. The van der Waals surface area contributed by atoms with Crippen molar-refractivity contribution in [2.75, 3.05) is 0 Å². The molecule has 1 aromatic rings. The summed E-state index contributed by atoms with van der Waals surface area (Å²) in [5, 5.41) is 13.8. The van der Waals surface area contributed by atoms with Crippen LogP contribution >= 0.6 is 0 Å². The molecule has 0 radical (unpaired) electrons. The standard InChI is InChI=1S/C12H10F2N2O3/c1-5-9(11(17)18)10(16-12(19)15-5)6-2-3-7(13)8(14)4-6/h2-4,10H,1H3,(H,17,18)(H2,15,16,19)/t10-/m0/s1. The first-order chi connectivity index (χ1) is 8.90. The molecule has 0 unspecified atom stereocenters. The second-order valence-corrected chi connectivity index (χ2v) is 4.05. The van der Waals surface area contributed by atoms with Gasteiger partial charge in [0, 0.05) is 5.70 Å². The second-order valence-electron chi connectivity index (χ2n) is 4.05. The third-order valence-corrected chi connectivity index (χ3v) is 2.78. The van der Waals surface area contributed by atoms with Gasteiger partial charge in [-0.05, 0) is 24.6 Å². The number of rotatable bonds is 2. The van der Waals surface area contributed by atoms with E-state index in [1.54, 1.807) is 0 Å². The fourth-order valence-electron chi connectivity index (χ4n) is 1.92. The van der Waals surface area contributed by atoms with Gasteiger partial charge < -0.3 is 15.7 Å². The minimum absolute atomic E-state index is 0.120. The lowest BCUT2D eigenvalue weighted by Gasteiger charge is -2.27. The lowest BCUT2D eigenvalue weighted by molar-refractivity contribution is -0.133. The van der Waals surface area contributed by atoms with Crippen molar-refractivity contribution >= 4 is 12.0 Å². The Kier molecular flexibility index (Phi) is 3.20. The Morgan fingerprint density at radius 2 is 2.00 bits per heavy atom. The number of carbonyl (C=O) groups excluding carboxylic acids is 1. The van der Waals surface area contributed by atoms with Gasteiger partial charge in [-0.15, -0.1) is 0 Å². The maximum Gasteiger partial charge on any atom is 0.335 e. The largest absolute Gasteiger partial charge is 0.478 e. The molecular formula is C12H10F2N2O3. The van der Waals surface area contributed by atoms with E-state index in [1.165, 1.54) is 13.0 Å². The van der Waals surface area contributed by atoms with Crippen molar-refractivity contribution in [3.8, 4) is 0 Å². The summed E-state index contributed by atoms with van der Waals surface area (Å²) < 4.78 is 26.1. The molecule has 1 heterocycles. The summed E-state index contributed by atoms with van der Waals surface area (Å²) in [4.78, 5) is 22.6. The molecule has 0 saturated carbocycles.